The van der Waals surface area contributed by atoms with Crippen LogP contribution in [0.2, 0.25) is 0 Å². The smallest absolute Gasteiger partial charge is 0.244 e. The minimum absolute atomic E-state index is 0.0941. The van der Waals surface area contributed by atoms with Crippen LogP contribution in [0.15, 0.2) is 41.6 Å². The summed E-state index contributed by atoms with van der Waals surface area (Å²) < 4.78 is 28.5. The Kier molecular flexibility index (Phi) is 3.12. The first-order chi connectivity index (χ1) is 9.47. The summed E-state index contributed by atoms with van der Waals surface area (Å²) in [6.45, 7) is 0. The van der Waals surface area contributed by atoms with Crippen LogP contribution < -0.4 is 4.72 Å². The number of aliphatic hydroxyl groups excluding tert-OH is 1. The van der Waals surface area contributed by atoms with Gasteiger partial charge in [-0.2, -0.15) is 5.10 Å². The normalized spacial score (nSPS) is 21.9. The monoisotopic (exact) mass is 293 g/mol. The van der Waals surface area contributed by atoms with Crippen molar-refractivity contribution in [3.05, 3.63) is 47.8 Å². The van der Waals surface area contributed by atoms with Crippen LogP contribution >= 0.6 is 0 Å². The molecule has 0 fully saturated rings. The molecule has 0 bridgehead atoms. The second-order valence-corrected chi connectivity index (χ2v) is 6.63. The summed E-state index contributed by atoms with van der Waals surface area (Å²) in [6, 6.07) is 6.83. The summed E-state index contributed by atoms with van der Waals surface area (Å²) in [5, 5.41) is 13.9. The Labute approximate surface area is 117 Å². The van der Waals surface area contributed by atoms with Gasteiger partial charge >= 0.3 is 0 Å². The van der Waals surface area contributed by atoms with Crippen LogP contribution in [0.5, 0.6) is 0 Å². The Balaban J connectivity index is 1.92. The fourth-order valence-corrected chi connectivity index (χ4v) is 3.72. The average Bonchev–Trinajstić information content (AvgIpc) is 2.95. The lowest BCUT2D eigenvalue weighted by Gasteiger charge is -2.17. The van der Waals surface area contributed by atoms with E-state index < -0.39 is 22.2 Å². The van der Waals surface area contributed by atoms with Crippen LogP contribution in [0.3, 0.4) is 0 Å². The Bertz CT molecular complexity index is 739. The first kappa shape index (κ1) is 13.3. The lowest BCUT2D eigenvalue weighted by atomic mass is 10.1. The highest BCUT2D eigenvalue weighted by Crippen LogP contribution is 2.32. The predicted octanol–water partition coefficient (Wildman–Crippen LogP) is 0.357. The van der Waals surface area contributed by atoms with Gasteiger partial charge in [0.2, 0.25) is 10.0 Å². The zero-order valence-electron chi connectivity index (χ0n) is 10.9. The van der Waals surface area contributed by atoms with Gasteiger partial charge in [-0.05, 0) is 11.1 Å². The summed E-state index contributed by atoms with van der Waals surface area (Å²) in [6.07, 6.45) is 2.42. The van der Waals surface area contributed by atoms with Crippen molar-refractivity contribution < 1.29 is 13.5 Å². The second kappa shape index (κ2) is 4.69. The highest BCUT2D eigenvalue weighted by molar-refractivity contribution is 7.89. The second-order valence-electron chi connectivity index (χ2n) is 4.92. The number of hydrogen-bond acceptors (Lipinski definition) is 4. The Morgan fingerprint density at radius 3 is 2.85 bits per heavy atom. The van der Waals surface area contributed by atoms with Gasteiger partial charge in [0.15, 0.2) is 0 Å². The molecule has 2 atom stereocenters. The van der Waals surface area contributed by atoms with E-state index in [9.17, 15) is 13.5 Å². The third kappa shape index (κ3) is 2.24. The molecule has 0 aliphatic heterocycles. The quantitative estimate of drug-likeness (QED) is 0.855. The summed E-state index contributed by atoms with van der Waals surface area (Å²) in [7, 11) is -2.04. The zero-order valence-corrected chi connectivity index (χ0v) is 11.7. The third-order valence-electron chi connectivity index (χ3n) is 3.48. The lowest BCUT2D eigenvalue weighted by molar-refractivity contribution is 0.151. The number of aryl methyl sites for hydroxylation is 1. The van der Waals surface area contributed by atoms with E-state index in [1.807, 2.05) is 24.3 Å². The van der Waals surface area contributed by atoms with E-state index in [1.54, 1.807) is 7.05 Å². The summed E-state index contributed by atoms with van der Waals surface area (Å²) in [4.78, 5) is 0.0941. The molecule has 2 N–H and O–H groups in total. The molecule has 3 rings (SSSR count). The molecule has 1 aliphatic carbocycles. The van der Waals surface area contributed by atoms with E-state index in [0.29, 0.717) is 6.42 Å². The van der Waals surface area contributed by atoms with Gasteiger partial charge in [0, 0.05) is 19.7 Å². The lowest BCUT2D eigenvalue weighted by Crippen LogP contribution is -2.33. The van der Waals surface area contributed by atoms with E-state index >= 15 is 0 Å². The number of hydrogen-bond donors (Lipinski definition) is 2. The minimum atomic E-state index is -3.69. The number of rotatable bonds is 3. The molecule has 0 saturated heterocycles. The molecule has 106 valence electrons. The number of nitrogens with zero attached hydrogens (tertiary/aromatic N) is 2. The summed E-state index contributed by atoms with van der Waals surface area (Å²) in [5.41, 5.74) is 1.80. The first-order valence-corrected chi connectivity index (χ1v) is 7.72. The van der Waals surface area contributed by atoms with Gasteiger partial charge < -0.3 is 5.11 Å². The van der Waals surface area contributed by atoms with Gasteiger partial charge in [-0.25, -0.2) is 13.1 Å². The van der Waals surface area contributed by atoms with Crippen LogP contribution in [-0.2, 0) is 23.5 Å². The molecular formula is C13H15N3O3S. The van der Waals surface area contributed by atoms with Crippen molar-refractivity contribution >= 4 is 10.0 Å². The van der Waals surface area contributed by atoms with Crippen molar-refractivity contribution in [2.45, 2.75) is 23.5 Å². The fourth-order valence-electron chi connectivity index (χ4n) is 2.49. The van der Waals surface area contributed by atoms with Gasteiger partial charge in [0.05, 0.1) is 18.3 Å². The van der Waals surface area contributed by atoms with Gasteiger partial charge in [-0.15, -0.1) is 0 Å². The number of benzene rings is 1. The molecule has 6 nitrogen and oxygen atoms in total. The largest absolute Gasteiger partial charge is 0.391 e. The zero-order chi connectivity index (χ0) is 14.3. The average molecular weight is 293 g/mol. The predicted molar refractivity (Wildman–Crippen MR) is 72.4 cm³/mol. The van der Waals surface area contributed by atoms with E-state index in [2.05, 4.69) is 9.82 Å². The maximum Gasteiger partial charge on any atom is 0.244 e. The highest BCUT2D eigenvalue weighted by Gasteiger charge is 2.34. The molecule has 1 aliphatic rings. The molecule has 7 heteroatoms. The van der Waals surface area contributed by atoms with E-state index in [-0.39, 0.29) is 4.90 Å². The summed E-state index contributed by atoms with van der Waals surface area (Å²) in [5.74, 6) is 0. The molecule has 2 unspecified atom stereocenters. The van der Waals surface area contributed by atoms with Crippen molar-refractivity contribution in [1.29, 1.82) is 0 Å². The van der Waals surface area contributed by atoms with Crippen molar-refractivity contribution in [3.63, 3.8) is 0 Å². The van der Waals surface area contributed by atoms with Gasteiger partial charge in [-0.1, -0.05) is 24.3 Å². The molecule has 0 amide bonds. The van der Waals surface area contributed by atoms with E-state index in [0.717, 1.165) is 11.1 Å². The van der Waals surface area contributed by atoms with Gasteiger partial charge in [0.1, 0.15) is 4.90 Å². The SMILES string of the molecule is Cn1cc(S(=O)(=O)NC2c3ccccc3CC2O)cn1. The van der Waals surface area contributed by atoms with Crippen molar-refractivity contribution in [3.8, 4) is 0 Å². The van der Waals surface area contributed by atoms with Gasteiger partial charge in [-0.3, -0.25) is 4.68 Å². The third-order valence-corrected chi connectivity index (χ3v) is 4.87. The molecular weight excluding hydrogens is 278 g/mol. The molecule has 0 saturated carbocycles. The van der Waals surface area contributed by atoms with Crippen LogP contribution in [0.4, 0.5) is 0 Å². The molecule has 0 radical (unpaired) electrons. The number of aliphatic hydroxyl groups is 1. The van der Waals surface area contributed by atoms with Crippen LogP contribution in [0.1, 0.15) is 17.2 Å². The van der Waals surface area contributed by atoms with Crippen LogP contribution in [0, 0.1) is 0 Å². The first-order valence-electron chi connectivity index (χ1n) is 6.24. The maximum atomic E-state index is 12.3. The Hall–Kier alpha value is -1.70. The molecule has 2 aromatic rings. The molecule has 1 aromatic carbocycles. The molecule has 20 heavy (non-hydrogen) atoms. The standard InChI is InChI=1S/C13H15N3O3S/c1-16-8-10(7-14-16)20(18,19)15-13-11-5-3-2-4-9(11)6-12(13)17/h2-5,7-8,12-13,15,17H,6H2,1H3. The number of nitrogens with one attached hydrogen (secondary N) is 1. The Morgan fingerprint density at radius 1 is 1.40 bits per heavy atom. The van der Waals surface area contributed by atoms with Crippen molar-refractivity contribution in [2.75, 3.05) is 0 Å². The van der Waals surface area contributed by atoms with E-state index in [4.69, 9.17) is 0 Å². The van der Waals surface area contributed by atoms with Crippen LogP contribution in [0.25, 0.3) is 0 Å². The van der Waals surface area contributed by atoms with E-state index in [1.165, 1.54) is 17.1 Å². The molecule has 1 heterocycles. The minimum Gasteiger partial charge on any atom is -0.391 e. The van der Waals surface area contributed by atoms with Crippen molar-refractivity contribution in [2.24, 2.45) is 7.05 Å². The molecule has 1 aromatic heterocycles. The number of fused-ring (bicyclic) bond motifs is 1. The number of aromatic nitrogens is 2. The van der Waals surface area contributed by atoms with Gasteiger partial charge in [0.25, 0.3) is 0 Å². The maximum absolute atomic E-state index is 12.3. The topological polar surface area (TPSA) is 84.2 Å². The molecule has 0 spiro atoms. The summed E-state index contributed by atoms with van der Waals surface area (Å²) >= 11 is 0. The Morgan fingerprint density at radius 2 is 2.15 bits per heavy atom. The van der Waals surface area contributed by atoms with Crippen molar-refractivity contribution in [1.82, 2.24) is 14.5 Å². The fraction of sp³-hybridized carbons (Fsp3) is 0.308. The number of sulfonamides is 1. The van der Waals surface area contributed by atoms with Crippen LogP contribution in [-0.4, -0.2) is 29.4 Å². The highest BCUT2D eigenvalue weighted by atomic mass is 32.2.